The van der Waals surface area contributed by atoms with Gasteiger partial charge in [-0.05, 0) is 152 Å². The zero-order chi connectivity index (χ0) is 42.6. The summed E-state index contributed by atoms with van der Waals surface area (Å²) in [6, 6.07) is 81.4. The van der Waals surface area contributed by atoms with E-state index in [0.29, 0.717) is 0 Å². The van der Waals surface area contributed by atoms with E-state index in [1.54, 1.807) is 0 Å². The monoisotopic (exact) mass is 880 g/mol. The zero-order valence-electron chi connectivity index (χ0n) is 34.9. The summed E-state index contributed by atoms with van der Waals surface area (Å²) in [7, 11) is 0. The number of anilines is 6. The van der Waals surface area contributed by atoms with E-state index >= 15 is 0 Å². The van der Waals surface area contributed by atoms with E-state index in [1.807, 2.05) is 34.9 Å². The van der Waals surface area contributed by atoms with Crippen LogP contribution in [0.1, 0.15) is 0 Å². The molecule has 0 saturated heterocycles. The first-order valence-electron chi connectivity index (χ1n) is 22.0. The summed E-state index contributed by atoms with van der Waals surface area (Å²) in [5.41, 5.74) is 12.0. The molecule has 2 aliphatic rings. The first kappa shape index (κ1) is 37.1. The number of rotatable bonds is 4. The largest absolute Gasteiger partial charge is 0.308 e. The van der Waals surface area contributed by atoms with E-state index in [1.165, 1.54) is 117 Å². The highest BCUT2D eigenvalue weighted by Gasteiger charge is 2.28. The van der Waals surface area contributed by atoms with Crippen molar-refractivity contribution in [2.75, 3.05) is 9.80 Å². The highest BCUT2D eigenvalue weighted by Crippen LogP contribution is 2.55. The number of para-hydroxylation sites is 4. The van der Waals surface area contributed by atoms with Crippen molar-refractivity contribution >= 4 is 121 Å². The molecule has 3 heterocycles. The summed E-state index contributed by atoms with van der Waals surface area (Å²) in [5, 5.41) is 9.96. The topological polar surface area (TPSA) is 6.48 Å². The zero-order valence-corrected chi connectivity index (χ0v) is 37.4. The van der Waals surface area contributed by atoms with Crippen molar-refractivity contribution in [3.8, 4) is 22.3 Å². The Morgan fingerprint density at radius 1 is 0.277 bits per heavy atom. The minimum absolute atomic E-state index is 1.14. The number of fused-ring (bicyclic) bond motifs is 10. The van der Waals surface area contributed by atoms with Crippen molar-refractivity contribution in [1.29, 1.82) is 0 Å². The maximum absolute atomic E-state index is 2.47. The number of hydrogen-bond donors (Lipinski definition) is 0. The number of nitrogens with zero attached hydrogens (tertiary/aromatic N) is 2. The van der Waals surface area contributed by atoms with E-state index in [9.17, 15) is 0 Å². The lowest BCUT2D eigenvalue weighted by molar-refractivity contribution is 1.17. The maximum Gasteiger partial charge on any atom is 0.0601 e. The third kappa shape index (κ3) is 5.83. The maximum atomic E-state index is 2.47. The van der Waals surface area contributed by atoms with Gasteiger partial charge in [-0.1, -0.05) is 145 Å². The Kier molecular flexibility index (Phi) is 8.36. The number of benzene rings is 11. The van der Waals surface area contributed by atoms with Crippen molar-refractivity contribution in [2.45, 2.75) is 19.6 Å². The molecule has 2 aliphatic heterocycles. The van der Waals surface area contributed by atoms with Crippen LogP contribution in [0.4, 0.5) is 34.1 Å². The van der Waals surface area contributed by atoms with Gasteiger partial charge in [0.1, 0.15) is 0 Å². The van der Waals surface area contributed by atoms with Gasteiger partial charge in [0.25, 0.3) is 0 Å². The van der Waals surface area contributed by atoms with Crippen LogP contribution in [0.3, 0.4) is 0 Å². The Balaban J connectivity index is 1.11. The predicted octanol–water partition coefficient (Wildman–Crippen LogP) is 18.7. The summed E-state index contributed by atoms with van der Waals surface area (Å²) in [5.74, 6) is 0. The molecular weight excluding hydrogens is 845 g/mol. The molecule has 0 aliphatic carbocycles. The van der Waals surface area contributed by atoms with Crippen LogP contribution in [0.25, 0.3) is 74.7 Å². The van der Waals surface area contributed by atoms with Crippen LogP contribution in [-0.2, 0) is 0 Å². The average Bonchev–Trinajstić information content (AvgIpc) is 3.74. The summed E-state index contributed by atoms with van der Waals surface area (Å²) >= 11 is 5.57. The molecule has 14 rings (SSSR count). The van der Waals surface area contributed by atoms with Crippen molar-refractivity contribution in [2.24, 2.45) is 0 Å². The third-order valence-corrected chi connectivity index (χ3v) is 16.6. The fourth-order valence-electron chi connectivity index (χ4n) is 10.3. The van der Waals surface area contributed by atoms with Gasteiger partial charge in [0.2, 0.25) is 0 Å². The number of hydrogen-bond acceptors (Lipinski definition) is 5. The molecule has 0 fully saturated rings. The van der Waals surface area contributed by atoms with Crippen molar-refractivity contribution in [3.63, 3.8) is 0 Å². The van der Waals surface area contributed by atoms with Gasteiger partial charge in [-0.3, -0.25) is 0 Å². The Hall–Kier alpha value is -7.28. The molecule has 0 radical (unpaired) electrons. The minimum atomic E-state index is 1.14. The minimum Gasteiger partial charge on any atom is -0.308 e. The molecule has 0 saturated carbocycles. The second kappa shape index (κ2) is 14.6. The fraction of sp³-hybridized carbons (Fsp3) is 0. The quantitative estimate of drug-likeness (QED) is 0.162. The molecule has 0 spiro atoms. The third-order valence-electron chi connectivity index (χ3n) is 13.2. The van der Waals surface area contributed by atoms with Gasteiger partial charge < -0.3 is 9.80 Å². The van der Waals surface area contributed by atoms with E-state index < -0.39 is 0 Å². The standard InChI is InChI=1S/C60H36N2S3/c1-2-14-38-33-39(26-25-37(38)13-1)59-44-30-28-42(62-51-18-6-11-23-57(51)65-58-24-12-7-19-52(58)62)36-48(44)60(40-27-32-54-46(34-40)43-15-3-8-20-53(43)63-54)45-31-29-41(35-47(45)59)61-49-16-4-9-21-55(49)64-56-22-10-5-17-50(56)61/h1-36H. The lowest BCUT2D eigenvalue weighted by Gasteiger charge is -2.34. The molecule has 12 aromatic rings. The van der Waals surface area contributed by atoms with Crippen molar-refractivity contribution in [1.82, 2.24) is 0 Å². The first-order valence-corrected chi connectivity index (χ1v) is 24.4. The van der Waals surface area contributed by atoms with Gasteiger partial charge in [0, 0.05) is 51.1 Å². The molecule has 1 aromatic heterocycles. The summed E-state index contributed by atoms with van der Waals surface area (Å²) < 4.78 is 2.62. The molecule has 0 atom stereocenters. The first-order chi connectivity index (χ1) is 32.2. The van der Waals surface area contributed by atoms with Gasteiger partial charge >= 0.3 is 0 Å². The second-order valence-corrected chi connectivity index (χ2v) is 20.1. The smallest absolute Gasteiger partial charge is 0.0601 e. The Bertz CT molecular complexity index is 3850. The van der Waals surface area contributed by atoms with Crippen molar-refractivity contribution < 1.29 is 0 Å². The normalized spacial score (nSPS) is 13.0. The van der Waals surface area contributed by atoms with Crippen LogP contribution in [0.15, 0.2) is 238 Å². The Labute approximate surface area is 389 Å². The van der Waals surface area contributed by atoms with Crippen LogP contribution in [0.2, 0.25) is 0 Å². The predicted molar refractivity (Wildman–Crippen MR) is 280 cm³/mol. The van der Waals surface area contributed by atoms with Gasteiger partial charge in [-0.2, -0.15) is 0 Å². The molecule has 0 bridgehead atoms. The lowest BCUT2D eigenvalue weighted by Crippen LogP contribution is -2.15. The Morgan fingerprint density at radius 3 is 1.29 bits per heavy atom. The van der Waals surface area contributed by atoms with E-state index in [4.69, 9.17) is 0 Å². The molecule has 0 N–H and O–H groups in total. The molecule has 65 heavy (non-hydrogen) atoms. The molecule has 5 heteroatoms. The molecule has 2 nitrogen and oxygen atoms in total. The highest BCUT2D eigenvalue weighted by atomic mass is 32.2. The van der Waals surface area contributed by atoms with Crippen LogP contribution in [-0.4, -0.2) is 0 Å². The van der Waals surface area contributed by atoms with E-state index in [0.717, 1.165) is 11.4 Å². The second-order valence-electron chi connectivity index (χ2n) is 16.8. The summed E-state index contributed by atoms with van der Waals surface area (Å²) in [4.78, 5) is 9.94. The molecule has 304 valence electrons. The van der Waals surface area contributed by atoms with Crippen LogP contribution < -0.4 is 9.80 Å². The van der Waals surface area contributed by atoms with Crippen LogP contribution in [0.5, 0.6) is 0 Å². The van der Waals surface area contributed by atoms with E-state index in [2.05, 4.69) is 228 Å². The number of thiophene rings is 1. The summed E-state index contributed by atoms with van der Waals surface area (Å²) in [6.07, 6.45) is 0. The lowest BCUT2D eigenvalue weighted by atomic mass is 9.84. The highest BCUT2D eigenvalue weighted by molar-refractivity contribution is 8.00. The molecule has 0 amide bonds. The van der Waals surface area contributed by atoms with Crippen LogP contribution >= 0.6 is 34.9 Å². The van der Waals surface area contributed by atoms with Gasteiger partial charge in [0.15, 0.2) is 0 Å². The average molecular weight is 881 g/mol. The SMILES string of the molecule is c1ccc2c(c1)Sc1ccccc1N2c1ccc2c(-c3ccc4sc5ccccc5c4c3)c3cc(N4c5ccccc5Sc5ccccc54)ccc3c(-c3ccc4ccccc4c3)c2c1. The molecular formula is C60H36N2S3. The molecule has 11 aromatic carbocycles. The molecule has 0 unspecified atom stereocenters. The van der Waals surface area contributed by atoms with Crippen molar-refractivity contribution in [3.05, 3.63) is 218 Å². The fourth-order valence-corrected chi connectivity index (χ4v) is 13.5. The van der Waals surface area contributed by atoms with E-state index in [-0.39, 0.29) is 0 Å². The van der Waals surface area contributed by atoms with Gasteiger partial charge in [-0.25, -0.2) is 0 Å². The Morgan fingerprint density at radius 2 is 0.723 bits per heavy atom. The van der Waals surface area contributed by atoms with Crippen LogP contribution in [0, 0.1) is 0 Å². The summed E-state index contributed by atoms with van der Waals surface area (Å²) in [6.45, 7) is 0. The van der Waals surface area contributed by atoms with Gasteiger partial charge in [-0.15, -0.1) is 11.3 Å². The van der Waals surface area contributed by atoms with Gasteiger partial charge in [0.05, 0.1) is 22.7 Å².